The molecule has 2 aromatic rings. The molecule has 0 radical (unpaired) electrons. The van der Waals surface area contributed by atoms with E-state index >= 15 is 0 Å². The topological polar surface area (TPSA) is 132 Å². The Kier molecular flexibility index (Phi) is 6.80. The van der Waals surface area contributed by atoms with E-state index in [0.29, 0.717) is 24.3 Å². The maximum Gasteiger partial charge on any atom is 0.271 e. The van der Waals surface area contributed by atoms with E-state index in [1.54, 1.807) is 6.92 Å². The van der Waals surface area contributed by atoms with Gasteiger partial charge in [-0.05, 0) is 38.0 Å². The summed E-state index contributed by atoms with van der Waals surface area (Å²) in [7, 11) is -3.65. The number of aliphatic hydroxyl groups is 1. The van der Waals surface area contributed by atoms with Crippen molar-refractivity contribution >= 4 is 22.1 Å². The highest BCUT2D eigenvalue weighted by Gasteiger charge is 2.26. The summed E-state index contributed by atoms with van der Waals surface area (Å²) >= 11 is 0. The summed E-state index contributed by atoms with van der Waals surface area (Å²) < 4.78 is 27.1. The normalized spacial score (nSPS) is 15.4. The number of aromatic hydroxyl groups is 1. The smallest absolute Gasteiger partial charge is 0.271 e. The van der Waals surface area contributed by atoms with Crippen LogP contribution in [0.3, 0.4) is 0 Å². The van der Waals surface area contributed by atoms with Crippen molar-refractivity contribution in [2.24, 2.45) is 5.10 Å². The monoisotopic (exact) mass is 432 g/mol. The molecule has 0 bridgehead atoms. The van der Waals surface area contributed by atoms with Gasteiger partial charge in [-0.3, -0.25) is 9.78 Å². The average molecular weight is 433 g/mol. The fourth-order valence-electron chi connectivity index (χ4n) is 3.19. The number of aromatic nitrogens is 1. The number of piperidine rings is 1. The highest BCUT2D eigenvalue weighted by molar-refractivity contribution is 7.89. The van der Waals surface area contributed by atoms with Crippen LogP contribution in [0.1, 0.15) is 46.4 Å². The number of aliphatic hydroxyl groups excluding tert-OH is 1. The lowest BCUT2D eigenvalue weighted by atomic mass is 10.1. The van der Waals surface area contributed by atoms with Gasteiger partial charge in [0, 0.05) is 36.0 Å². The molecule has 1 amide bonds. The molecule has 0 spiro atoms. The molecule has 160 valence electrons. The first-order chi connectivity index (χ1) is 14.3. The van der Waals surface area contributed by atoms with E-state index in [2.05, 4.69) is 15.5 Å². The molecule has 0 aliphatic carbocycles. The van der Waals surface area contributed by atoms with Gasteiger partial charge in [0.1, 0.15) is 5.75 Å². The molecule has 2 heterocycles. The first kappa shape index (κ1) is 21.9. The largest absolute Gasteiger partial charge is 0.505 e. The maximum absolute atomic E-state index is 12.8. The van der Waals surface area contributed by atoms with E-state index in [4.69, 9.17) is 0 Å². The summed E-state index contributed by atoms with van der Waals surface area (Å²) in [6, 6.07) is 5.79. The zero-order valence-corrected chi connectivity index (χ0v) is 17.4. The minimum absolute atomic E-state index is 0.0611. The van der Waals surface area contributed by atoms with Crippen LogP contribution in [0.4, 0.5) is 0 Å². The lowest BCUT2D eigenvalue weighted by Crippen LogP contribution is -2.35. The molecule has 1 fully saturated rings. The Balaban J connectivity index is 1.77. The van der Waals surface area contributed by atoms with Gasteiger partial charge in [-0.1, -0.05) is 12.5 Å². The number of hydrogen-bond acceptors (Lipinski definition) is 7. The van der Waals surface area contributed by atoms with Crippen molar-refractivity contribution in [2.45, 2.75) is 37.7 Å². The molecule has 30 heavy (non-hydrogen) atoms. The fraction of sp³-hybridized carbons (Fsp3) is 0.350. The second-order valence-electron chi connectivity index (χ2n) is 6.98. The molecule has 10 heteroatoms. The van der Waals surface area contributed by atoms with Gasteiger partial charge >= 0.3 is 0 Å². The number of pyridine rings is 1. The summed E-state index contributed by atoms with van der Waals surface area (Å²) in [5.41, 5.74) is 3.41. The fourth-order valence-corrected chi connectivity index (χ4v) is 4.76. The molecule has 9 nitrogen and oxygen atoms in total. The number of benzene rings is 1. The molecular formula is C20H24N4O5S. The number of rotatable bonds is 6. The molecule has 3 N–H and O–H groups in total. The molecule has 3 rings (SSSR count). The zero-order valence-electron chi connectivity index (χ0n) is 16.6. The van der Waals surface area contributed by atoms with E-state index in [1.165, 1.54) is 41.0 Å². The Bertz CT molecular complexity index is 1060. The Labute approximate surface area is 175 Å². The number of hydrazone groups is 1. The number of carbonyl (C=O) groups is 1. The van der Waals surface area contributed by atoms with Crippen LogP contribution in [0.15, 0.2) is 40.5 Å². The van der Waals surface area contributed by atoms with Crippen LogP contribution < -0.4 is 5.43 Å². The summed E-state index contributed by atoms with van der Waals surface area (Å²) in [5, 5.41) is 23.3. The third-order valence-corrected chi connectivity index (χ3v) is 6.83. The van der Waals surface area contributed by atoms with Crippen LogP contribution in [0, 0.1) is 6.92 Å². The highest BCUT2D eigenvalue weighted by Crippen LogP contribution is 2.22. The first-order valence-electron chi connectivity index (χ1n) is 9.56. The standard InChI is InChI=1S/C20H24N4O5S/c1-14-19(26)18(16(13-25)11-21-14)12-22-23-20(27)15-6-5-7-17(10-15)30(28,29)24-8-3-2-4-9-24/h5-7,10-12,25-26H,2-4,8-9,13H2,1H3,(H,23,27)/b22-12+. The Hall–Kier alpha value is -2.82. The van der Waals surface area contributed by atoms with Crippen molar-refractivity contribution in [1.29, 1.82) is 0 Å². The molecule has 0 unspecified atom stereocenters. The summed E-state index contributed by atoms with van der Waals surface area (Å²) in [4.78, 5) is 16.5. The van der Waals surface area contributed by atoms with E-state index < -0.39 is 15.9 Å². The van der Waals surface area contributed by atoms with Crippen LogP contribution in [-0.4, -0.2) is 53.1 Å². The third kappa shape index (κ3) is 4.66. The summed E-state index contributed by atoms with van der Waals surface area (Å²) in [6.07, 6.45) is 5.28. The summed E-state index contributed by atoms with van der Waals surface area (Å²) in [5.74, 6) is -0.744. The van der Waals surface area contributed by atoms with E-state index in [0.717, 1.165) is 19.3 Å². The molecule has 1 aromatic heterocycles. The average Bonchev–Trinajstić information content (AvgIpc) is 2.77. The zero-order chi connectivity index (χ0) is 21.7. The number of nitrogens with one attached hydrogen (secondary N) is 1. The van der Waals surface area contributed by atoms with Crippen LogP contribution in [-0.2, 0) is 16.6 Å². The van der Waals surface area contributed by atoms with Crippen molar-refractivity contribution in [2.75, 3.05) is 13.1 Å². The first-order valence-corrected chi connectivity index (χ1v) is 11.0. The SMILES string of the molecule is Cc1ncc(CO)c(/C=N/NC(=O)c2cccc(S(=O)(=O)N3CCCCC3)c2)c1O. The van der Waals surface area contributed by atoms with Crippen LogP contribution >= 0.6 is 0 Å². The molecule has 1 saturated heterocycles. The van der Waals surface area contributed by atoms with Crippen LogP contribution in [0.2, 0.25) is 0 Å². The second-order valence-corrected chi connectivity index (χ2v) is 8.92. The molecule has 0 atom stereocenters. The minimum Gasteiger partial charge on any atom is -0.505 e. The van der Waals surface area contributed by atoms with Gasteiger partial charge in [0.2, 0.25) is 10.0 Å². The lowest BCUT2D eigenvalue weighted by Gasteiger charge is -2.25. The second kappa shape index (κ2) is 9.33. The molecule has 1 aromatic carbocycles. The van der Waals surface area contributed by atoms with Gasteiger partial charge in [0.15, 0.2) is 0 Å². The van der Waals surface area contributed by atoms with E-state index in [1.807, 2.05) is 0 Å². The van der Waals surface area contributed by atoms with Crippen molar-refractivity contribution < 1.29 is 23.4 Å². The quantitative estimate of drug-likeness (QED) is 0.468. The van der Waals surface area contributed by atoms with Crippen LogP contribution in [0.25, 0.3) is 0 Å². The number of sulfonamides is 1. The number of carbonyl (C=O) groups excluding carboxylic acids is 1. The molecule has 1 aliphatic heterocycles. The third-order valence-electron chi connectivity index (χ3n) is 4.94. The van der Waals surface area contributed by atoms with Crippen molar-refractivity contribution in [3.63, 3.8) is 0 Å². The van der Waals surface area contributed by atoms with Gasteiger partial charge < -0.3 is 10.2 Å². The number of aryl methyl sites for hydroxylation is 1. The predicted molar refractivity (Wildman–Crippen MR) is 111 cm³/mol. The molecular weight excluding hydrogens is 408 g/mol. The Morgan fingerprint density at radius 2 is 2.03 bits per heavy atom. The van der Waals surface area contributed by atoms with E-state index in [-0.39, 0.29) is 28.4 Å². The van der Waals surface area contributed by atoms with Crippen molar-refractivity contribution in [3.8, 4) is 5.75 Å². The predicted octanol–water partition coefficient (Wildman–Crippen LogP) is 1.53. The molecule has 1 aliphatic rings. The number of nitrogens with zero attached hydrogens (tertiary/aromatic N) is 3. The molecule has 0 saturated carbocycles. The van der Waals surface area contributed by atoms with Gasteiger partial charge in [0.25, 0.3) is 5.91 Å². The van der Waals surface area contributed by atoms with Crippen molar-refractivity contribution in [3.05, 3.63) is 52.8 Å². The van der Waals surface area contributed by atoms with Crippen molar-refractivity contribution in [1.82, 2.24) is 14.7 Å². The number of hydrogen-bond donors (Lipinski definition) is 3. The Morgan fingerprint density at radius 3 is 2.73 bits per heavy atom. The number of amides is 1. The highest BCUT2D eigenvalue weighted by atomic mass is 32.2. The summed E-state index contributed by atoms with van der Waals surface area (Å²) in [6.45, 7) is 2.20. The maximum atomic E-state index is 12.8. The Morgan fingerprint density at radius 1 is 1.30 bits per heavy atom. The van der Waals surface area contributed by atoms with Crippen LogP contribution in [0.5, 0.6) is 5.75 Å². The van der Waals surface area contributed by atoms with Gasteiger partial charge in [-0.15, -0.1) is 0 Å². The van der Waals surface area contributed by atoms with Gasteiger partial charge in [0.05, 0.1) is 23.4 Å². The van der Waals surface area contributed by atoms with Gasteiger partial charge in [-0.2, -0.15) is 9.41 Å². The minimum atomic E-state index is -3.65. The van der Waals surface area contributed by atoms with E-state index in [9.17, 15) is 23.4 Å². The lowest BCUT2D eigenvalue weighted by molar-refractivity contribution is 0.0955. The van der Waals surface area contributed by atoms with Gasteiger partial charge in [-0.25, -0.2) is 13.8 Å².